The van der Waals surface area contributed by atoms with E-state index in [1.165, 1.54) is 11.8 Å². The van der Waals surface area contributed by atoms with Gasteiger partial charge in [0.1, 0.15) is 12.4 Å². The van der Waals surface area contributed by atoms with Crippen molar-refractivity contribution in [2.75, 3.05) is 30.3 Å². The smallest absolute Gasteiger partial charge is 0.240 e. The molecule has 1 fully saturated rings. The minimum Gasteiger partial charge on any atom is -0.376 e. The third-order valence-corrected chi connectivity index (χ3v) is 8.91. The zero-order chi connectivity index (χ0) is 28.3. The molecule has 1 N–H and O–H groups in total. The largest absolute Gasteiger partial charge is 0.376 e. The summed E-state index contributed by atoms with van der Waals surface area (Å²) in [5.41, 5.74) is 5.47. The first kappa shape index (κ1) is 27.6. The molecule has 2 atom stereocenters. The Kier molecular flexibility index (Phi) is 8.14. The average Bonchev–Trinajstić information content (AvgIpc) is 3.62. The van der Waals surface area contributed by atoms with Crippen LogP contribution in [0.3, 0.4) is 0 Å². The van der Waals surface area contributed by atoms with Gasteiger partial charge in [-0.25, -0.2) is 4.68 Å². The first-order chi connectivity index (χ1) is 20.0. The summed E-state index contributed by atoms with van der Waals surface area (Å²) < 4.78 is 7.49. The number of ether oxygens (including phenoxy) is 1. The quantitative estimate of drug-likeness (QED) is 0.289. The van der Waals surface area contributed by atoms with Gasteiger partial charge >= 0.3 is 0 Å². The fourth-order valence-corrected chi connectivity index (χ4v) is 6.75. The summed E-state index contributed by atoms with van der Waals surface area (Å²) in [7, 11) is 0. The van der Waals surface area contributed by atoms with Crippen LogP contribution < -0.4 is 10.2 Å². The molecule has 0 radical (unpaired) electrons. The van der Waals surface area contributed by atoms with Crippen LogP contribution >= 0.6 is 23.4 Å². The van der Waals surface area contributed by atoms with Crippen molar-refractivity contribution in [2.24, 2.45) is 0 Å². The number of anilines is 1. The number of nitrogens with one attached hydrogen (secondary N) is 1. The molecule has 2 aliphatic rings. The Hall–Kier alpha value is -3.59. The fourth-order valence-electron chi connectivity index (χ4n) is 5.36. The van der Waals surface area contributed by atoms with Gasteiger partial charge in [-0.1, -0.05) is 71.8 Å². The Labute approximate surface area is 248 Å². The van der Waals surface area contributed by atoms with E-state index >= 15 is 0 Å². The van der Waals surface area contributed by atoms with Crippen molar-refractivity contribution in [2.45, 2.75) is 31.1 Å². The van der Waals surface area contributed by atoms with Crippen molar-refractivity contribution in [3.8, 4) is 16.9 Å². The molecule has 4 aromatic rings. The van der Waals surface area contributed by atoms with Crippen LogP contribution in [0.25, 0.3) is 16.9 Å². The van der Waals surface area contributed by atoms with Crippen LogP contribution in [-0.2, 0) is 14.3 Å². The van der Waals surface area contributed by atoms with Crippen molar-refractivity contribution >= 4 is 41.0 Å². The minimum absolute atomic E-state index is 0.0138. The number of carbonyl (C=O) groups excluding carboxylic acids is 2. The molecule has 210 valence electrons. The van der Waals surface area contributed by atoms with Crippen LogP contribution in [-0.4, -0.2) is 53.1 Å². The van der Waals surface area contributed by atoms with Crippen molar-refractivity contribution in [3.63, 3.8) is 0 Å². The van der Waals surface area contributed by atoms with Gasteiger partial charge in [0, 0.05) is 29.3 Å². The zero-order valence-corrected chi connectivity index (χ0v) is 24.3. The number of rotatable bonds is 7. The molecule has 7 nitrogen and oxygen atoms in total. The van der Waals surface area contributed by atoms with E-state index in [0.29, 0.717) is 24.0 Å². The van der Waals surface area contributed by atoms with Gasteiger partial charge in [0.15, 0.2) is 0 Å². The molecule has 3 aromatic carbocycles. The maximum absolute atomic E-state index is 13.8. The Morgan fingerprint density at radius 1 is 1.10 bits per heavy atom. The second kappa shape index (κ2) is 12.1. The highest BCUT2D eigenvalue weighted by Crippen LogP contribution is 2.48. The predicted molar refractivity (Wildman–Crippen MR) is 164 cm³/mol. The number of fused-ring (bicyclic) bond motifs is 1. The Morgan fingerprint density at radius 2 is 1.90 bits per heavy atom. The topological polar surface area (TPSA) is 76.5 Å². The number of amides is 2. The van der Waals surface area contributed by atoms with Crippen LogP contribution in [0, 0.1) is 6.92 Å². The number of hydrogen-bond donors (Lipinski definition) is 1. The molecule has 0 bridgehead atoms. The normalized spacial score (nSPS) is 18.7. The lowest BCUT2D eigenvalue weighted by molar-refractivity contribution is -0.123. The number of benzene rings is 3. The summed E-state index contributed by atoms with van der Waals surface area (Å²) >= 11 is 7.97. The van der Waals surface area contributed by atoms with E-state index < -0.39 is 0 Å². The van der Waals surface area contributed by atoms with Gasteiger partial charge in [-0.2, -0.15) is 5.10 Å². The van der Waals surface area contributed by atoms with E-state index in [1.807, 2.05) is 90.5 Å². The minimum atomic E-state index is -0.234. The molecule has 1 aromatic heterocycles. The summed E-state index contributed by atoms with van der Waals surface area (Å²) in [6.07, 6.45) is 1.93. The molecule has 1 saturated heterocycles. The molecule has 41 heavy (non-hydrogen) atoms. The summed E-state index contributed by atoms with van der Waals surface area (Å²) in [5, 5.41) is 8.50. The molecule has 2 aliphatic heterocycles. The van der Waals surface area contributed by atoms with E-state index in [9.17, 15) is 9.59 Å². The maximum atomic E-state index is 13.8. The molecule has 3 heterocycles. The SMILES string of the molecule is Cc1ccc(-n2nc(-c3ccccc3)c3c2N(CC(=O)NC[C@@H]2CCCO2)C(=O)CS[C@H]3c2cccc(Cl)c2)cc1. The summed E-state index contributed by atoms with van der Waals surface area (Å²) in [4.78, 5) is 28.7. The number of thioether (sulfide) groups is 1. The maximum Gasteiger partial charge on any atom is 0.240 e. The molecule has 2 amide bonds. The third kappa shape index (κ3) is 5.91. The third-order valence-electron chi connectivity index (χ3n) is 7.42. The first-order valence-electron chi connectivity index (χ1n) is 13.8. The monoisotopic (exact) mass is 586 g/mol. The van der Waals surface area contributed by atoms with Gasteiger partial charge in [0.25, 0.3) is 0 Å². The summed E-state index contributed by atoms with van der Waals surface area (Å²) in [5.74, 6) is 0.414. The lowest BCUT2D eigenvalue weighted by Gasteiger charge is -2.23. The second-order valence-electron chi connectivity index (χ2n) is 10.4. The number of carbonyl (C=O) groups is 2. The molecular formula is C32H31ClN4O3S. The molecule has 0 unspecified atom stereocenters. The predicted octanol–water partition coefficient (Wildman–Crippen LogP) is 5.97. The number of aryl methyl sites for hydroxylation is 1. The van der Waals surface area contributed by atoms with Crippen LogP contribution in [0.2, 0.25) is 5.02 Å². The van der Waals surface area contributed by atoms with Gasteiger partial charge in [-0.05, 0) is 49.6 Å². The zero-order valence-electron chi connectivity index (χ0n) is 22.8. The standard InChI is InChI=1S/C32H31ClN4O3S/c1-21-12-14-25(15-13-21)37-32-29(30(35-37)22-7-3-2-4-8-22)31(23-9-5-10-24(33)17-23)41-20-28(39)36(32)19-27(38)34-18-26-11-6-16-40-26/h2-5,7-10,12-15,17,26,31H,6,11,16,18-20H2,1H3,(H,34,38)/t26-,31-/m0/s1. The van der Waals surface area contributed by atoms with Crippen molar-refractivity contribution in [3.05, 3.63) is 101 Å². The molecule has 0 aliphatic carbocycles. The number of nitrogens with zero attached hydrogens (tertiary/aromatic N) is 3. The highest BCUT2D eigenvalue weighted by atomic mass is 35.5. The van der Waals surface area contributed by atoms with Gasteiger partial charge in [-0.15, -0.1) is 11.8 Å². The highest BCUT2D eigenvalue weighted by molar-refractivity contribution is 8.00. The van der Waals surface area contributed by atoms with E-state index in [1.54, 1.807) is 4.90 Å². The number of hydrogen-bond acceptors (Lipinski definition) is 5. The first-order valence-corrected chi connectivity index (χ1v) is 15.2. The summed E-state index contributed by atoms with van der Waals surface area (Å²) in [6, 6.07) is 25.7. The van der Waals surface area contributed by atoms with Crippen LogP contribution in [0.4, 0.5) is 5.82 Å². The fraction of sp³-hybridized carbons (Fsp3) is 0.281. The van der Waals surface area contributed by atoms with Crippen LogP contribution in [0.1, 0.15) is 34.8 Å². The van der Waals surface area contributed by atoms with E-state index in [-0.39, 0.29) is 35.5 Å². The highest BCUT2D eigenvalue weighted by Gasteiger charge is 2.37. The number of aromatic nitrogens is 2. The Balaban J connectivity index is 1.51. The van der Waals surface area contributed by atoms with Crippen LogP contribution in [0.5, 0.6) is 0 Å². The van der Waals surface area contributed by atoms with E-state index in [4.69, 9.17) is 21.4 Å². The van der Waals surface area contributed by atoms with Crippen molar-refractivity contribution < 1.29 is 14.3 Å². The summed E-state index contributed by atoms with van der Waals surface area (Å²) in [6.45, 7) is 3.06. The molecule has 0 spiro atoms. The van der Waals surface area contributed by atoms with Gasteiger partial charge < -0.3 is 10.1 Å². The molecule has 0 saturated carbocycles. The lowest BCUT2D eigenvalue weighted by Crippen LogP contribution is -2.44. The van der Waals surface area contributed by atoms with Gasteiger partial charge in [0.05, 0.1) is 28.5 Å². The van der Waals surface area contributed by atoms with Crippen LogP contribution in [0.15, 0.2) is 78.9 Å². The molecular weight excluding hydrogens is 556 g/mol. The Bertz CT molecular complexity index is 1550. The number of halogens is 1. The second-order valence-corrected chi connectivity index (χ2v) is 11.9. The van der Waals surface area contributed by atoms with Gasteiger partial charge in [0.2, 0.25) is 11.8 Å². The van der Waals surface area contributed by atoms with Crippen molar-refractivity contribution in [1.82, 2.24) is 15.1 Å². The van der Waals surface area contributed by atoms with Crippen molar-refractivity contribution in [1.29, 1.82) is 0 Å². The molecule has 6 rings (SSSR count). The average molecular weight is 587 g/mol. The lowest BCUT2D eigenvalue weighted by atomic mass is 9.99. The Morgan fingerprint density at radius 3 is 2.63 bits per heavy atom. The molecule has 9 heteroatoms. The van der Waals surface area contributed by atoms with E-state index in [2.05, 4.69) is 5.32 Å². The van der Waals surface area contributed by atoms with E-state index in [0.717, 1.165) is 46.5 Å². The van der Waals surface area contributed by atoms with Gasteiger partial charge in [-0.3, -0.25) is 14.5 Å².